The van der Waals surface area contributed by atoms with Crippen molar-refractivity contribution in [3.05, 3.63) is 0 Å². The summed E-state index contributed by atoms with van der Waals surface area (Å²) < 4.78 is 26.8. The number of hydrogen-bond acceptors (Lipinski definition) is 5. The van der Waals surface area contributed by atoms with E-state index in [1.54, 1.807) is 7.11 Å². The van der Waals surface area contributed by atoms with Crippen molar-refractivity contribution in [2.75, 3.05) is 13.7 Å². The minimum absolute atomic E-state index is 0.00223. The van der Waals surface area contributed by atoms with Gasteiger partial charge in [-0.3, -0.25) is 0 Å². The van der Waals surface area contributed by atoms with Crippen molar-refractivity contribution in [2.45, 2.75) is 84.6 Å². The van der Waals surface area contributed by atoms with Crippen LogP contribution in [0, 0.1) is 5.92 Å². The minimum atomic E-state index is -1.58. The third kappa shape index (κ3) is 6.35. The van der Waals surface area contributed by atoms with Crippen molar-refractivity contribution >= 4 is 24.7 Å². The van der Waals surface area contributed by atoms with Crippen molar-refractivity contribution in [2.24, 2.45) is 5.92 Å². The topological polar surface area (TPSA) is 40.2 Å². The summed E-state index contributed by atoms with van der Waals surface area (Å²) >= 11 is 0. The van der Waals surface area contributed by atoms with Gasteiger partial charge in [-0.25, -0.2) is 4.67 Å². The van der Waals surface area contributed by atoms with Gasteiger partial charge in [0.1, 0.15) is 14.0 Å². The molecular weight excluding hydrogens is 340 g/mol. The van der Waals surface area contributed by atoms with E-state index < -0.39 is 16.8 Å². The fourth-order valence-corrected chi connectivity index (χ4v) is 5.32. The normalized spacial score (nSPS) is 29.8. The Kier molecular flexibility index (Phi) is 8.88. The van der Waals surface area contributed by atoms with Crippen LogP contribution in [-0.2, 0) is 18.2 Å². The summed E-state index contributed by atoms with van der Waals surface area (Å²) in [6.07, 6.45) is -0.0227. The third-order valence-electron chi connectivity index (χ3n) is 4.31. The summed E-state index contributed by atoms with van der Waals surface area (Å²) in [6.45, 7) is 18.1. The maximum absolute atomic E-state index is 6.48. The first-order valence-corrected chi connectivity index (χ1v) is 13.6. The lowest BCUT2D eigenvalue weighted by molar-refractivity contribution is 0.00373. The molecule has 1 heterocycles. The molecule has 0 spiro atoms. The largest absolute Gasteiger partial charge is 0.415 e. The maximum Gasteiger partial charge on any atom is 0.259 e. The van der Waals surface area contributed by atoms with Gasteiger partial charge in [0.05, 0.1) is 12.7 Å². The monoisotopic (exact) mass is 377 g/mol. The molecule has 0 aromatic heterocycles. The highest BCUT2D eigenvalue weighted by Gasteiger charge is 2.44. The van der Waals surface area contributed by atoms with Gasteiger partial charge < -0.3 is 18.2 Å². The van der Waals surface area contributed by atoms with Gasteiger partial charge in [-0.2, -0.15) is 0 Å². The number of ether oxygens (including phenoxy) is 1. The molecule has 5 atom stereocenters. The second kappa shape index (κ2) is 9.45. The minimum Gasteiger partial charge on any atom is -0.415 e. The van der Waals surface area contributed by atoms with Crippen LogP contribution in [0.15, 0.2) is 0 Å². The van der Waals surface area contributed by atoms with E-state index in [2.05, 4.69) is 66.8 Å². The van der Waals surface area contributed by atoms with Gasteiger partial charge in [0.25, 0.3) is 8.53 Å². The summed E-state index contributed by atoms with van der Waals surface area (Å²) in [6, 6.07) is 0.899. The highest BCUT2D eigenvalue weighted by atomic mass is 31.2. The maximum atomic E-state index is 6.48. The van der Waals surface area contributed by atoms with Crippen LogP contribution < -0.4 is 0 Å². The second-order valence-corrected chi connectivity index (χ2v) is 14.2. The number of hydrogen-bond donors (Lipinski definition) is 0. The highest BCUT2D eigenvalue weighted by molar-refractivity contribution is 7.44. The third-order valence-corrected chi connectivity index (χ3v) is 7.38. The Hall–Kier alpha value is 0.512. The van der Waals surface area contributed by atoms with Crippen molar-refractivity contribution in [1.82, 2.24) is 4.67 Å². The highest BCUT2D eigenvalue weighted by Crippen LogP contribution is 2.49. The lowest BCUT2D eigenvalue weighted by Gasteiger charge is -2.37. The molecule has 0 bridgehead atoms. The first kappa shape index (κ1) is 22.6. The van der Waals surface area contributed by atoms with Crippen LogP contribution in [0.25, 0.3) is 0 Å². The Labute approximate surface area is 152 Å². The fourth-order valence-electron chi connectivity index (χ4n) is 2.98. The van der Waals surface area contributed by atoms with Gasteiger partial charge in [-0.15, -0.1) is 0 Å². The standard InChI is InChI=1S/C16H37BNO4PSi/c1-11(2)18(12(3)4)23(19-6)22-15-13(5)16(17)21-14(15)10-20-24(7,8)9/h11-16H,10,17H2,1-9H3/t13?,14-,15-,16-,23?/m1/s1. The van der Waals surface area contributed by atoms with Crippen LogP contribution in [-0.4, -0.2) is 64.8 Å². The predicted molar refractivity (Wildman–Crippen MR) is 107 cm³/mol. The van der Waals surface area contributed by atoms with Crippen molar-refractivity contribution < 1.29 is 18.2 Å². The van der Waals surface area contributed by atoms with Gasteiger partial charge in [0.2, 0.25) is 0 Å². The Balaban J connectivity index is 2.85. The van der Waals surface area contributed by atoms with Gasteiger partial charge in [-0.05, 0) is 47.3 Å². The zero-order valence-electron chi connectivity index (χ0n) is 17.2. The average molecular weight is 377 g/mol. The van der Waals surface area contributed by atoms with E-state index in [1.165, 1.54) is 0 Å². The van der Waals surface area contributed by atoms with Crippen LogP contribution in [0.4, 0.5) is 0 Å². The van der Waals surface area contributed by atoms with Gasteiger partial charge >= 0.3 is 0 Å². The van der Waals surface area contributed by atoms with Gasteiger partial charge in [-0.1, -0.05) is 6.92 Å². The predicted octanol–water partition coefficient (Wildman–Crippen LogP) is 3.21. The summed E-state index contributed by atoms with van der Waals surface area (Å²) in [4.78, 5) is 0. The zero-order valence-corrected chi connectivity index (χ0v) is 19.1. The van der Waals surface area contributed by atoms with E-state index in [4.69, 9.17) is 18.2 Å². The Morgan fingerprint density at radius 1 is 1.17 bits per heavy atom. The van der Waals surface area contributed by atoms with Gasteiger partial charge in [0, 0.05) is 31.1 Å². The molecule has 0 aliphatic carbocycles. The van der Waals surface area contributed by atoms with Crippen molar-refractivity contribution in [1.29, 1.82) is 0 Å². The molecule has 24 heavy (non-hydrogen) atoms. The van der Waals surface area contributed by atoms with Crippen LogP contribution >= 0.6 is 8.53 Å². The first-order valence-electron chi connectivity index (χ1n) is 9.06. The van der Waals surface area contributed by atoms with Crippen LogP contribution in [0.2, 0.25) is 19.6 Å². The van der Waals surface area contributed by atoms with Crippen LogP contribution in [0.3, 0.4) is 0 Å². The molecule has 0 amide bonds. The molecule has 1 aliphatic rings. The van der Waals surface area contributed by atoms with E-state index in [0.29, 0.717) is 24.6 Å². The molecule has 2 unspecified atom stereocenters. The number of nitrogens with zero attached hydrogens (tertiary/aromatic N) is 1. The zero-order chi connectivity index (χ0) is 18.7. The van der Waals surface area contributed by atoms with E-state index >= 15 is 0 Å². The van der Waals surface area contributed by atoms with E-state index in [9.17, 15) is 0 Å². The molecule has 0 aromatic carbocycles. The smallest absolute Gasteiger partial charge is 0.259 e. The van der Waals surface area contributed by atoms with Gasteiger partial charge in [0.15, 0.2) is 8.32 Å². The van der Waals surface area contributed by atoms with Crippen molar-refractivity contribution in [3.63, 3.8) is 0 Å². The molecule has 1 saturated heterocycles. The number of rotatable bonds is 9. The fraction of sp³-hybridized carbons (Fsp3) is 1.00. The molecule has 0 saturated carbocycles. The van der Waals surface area contributed by atoms with Crippen LogP contribution in [0.1, 0.15) is 34.6 Å². The van der Waals surface area contributed by atoms with E-state index in [0.717, 1.165) is 0 Å². The molecule has 0 N–H and O–H groups in total. The summed E-state index contributed by atoms with van der Waals surface area (Å²) in [5.74, 6) is 0.321. The average Bonchev–Trinajstić information content (AvgIpc) is 2.70. The molecule has 142 valence electrons. The van der Waals surface area contributed by atoms with Crippen LogP contribution in [0.5, 0.6) is 0 Å². The second-order valence-electron chi connectivity index (χ2n) is 8.22. The quantitative estimate of drug-likeness (QED) is 0.456. The lowest BCUT2D eigenvalue weighted by atomic mass is 9.86. The molecule has 0 radical (unpaired) electrons. The summed E-state index contributed by atoms with van der Waals surface area (Å²) in [7, 11) is 1.17. The Morgan fingerprint density at radius 3 is 2.12 bits per heavy atom. The Bertz CT molecular complexity index is 376. The SMILES string of the molecule is B[C@@H]1O[C@H](CO[Si](C)(C)C)[C@H](OP(OC)N(C(C)C)C(C)C)C1C. The van der Waals surface area contributed by atoms with E-state index in [-0.39, 0.29) is 18.2 Å². The molecule has 1 fully saturated rings. The lowest BCUT2D eigenvalue weighted by Crippen LogP contribution is -2.39. The molecule has 8 heteroatoms. The Morgan fingerprint density at radius 2 is 1.71 bits per heavy atom. The van der Waals surface area contributed by atoms with Crippen molar-refractivity contribution in [3.8, 4) is 0 Å². The summed E-state index contributed by atoms with van der Waals surface area (Å²) in [5, 5.41) is 0. The molecule has 1 aliphatic heterocycles. The first-order chi connectivity index (χ1) is 11.0. The van der Waals surface area contributed by atoms with E-state index in [1.807, 2.05) is 0 Å². The molecular formula is C16H37BNO4PSi. The summed E-state index contributed by atoms with van der Waals surface area (Å²) in [5.41, 5.74) is 0. The molecule has 1 rings (SSSR count). The molecule has 0 aromatic rings. The molecule has 5 nitrogen and oxygen atoms in total.